The summed E-state index contributed by atoms with van der Waals surface area (Å²) in [7, 11) is 0. The predicted octanol–water partition coefficient (Wildman–Crippen LogP) is 7.78. The summed E-state index contributed by atoms with van der Waals surface area (Å²) in [5, 5.41) is 1.98. The minimum Gasteiger partial charge on any atom is -0.340 e. The van der Waals surface area contributed by atoms with Crippen molar-refractivity contribution in [2.45, 2.75) is 71.0 Å². The molecule has 2 aromatic rings. The molecule has 6 rings (SSSR count). The van der Waals surface area contributed by atoms with E-state index in [1.807, 2.05) is 80.3 Å². The summed E-state index contributed by atoms with van der Waals surface area (Å²) in [6, 6.07) is 14.1. The van der Waals surface area contributed by atoms with Crippen LogP contribution in [0.1, 0.15) is 76.1 Å². The highest BCUT2D eigenvalue weighted by molar-refractivity contribution is 8.18. The zero-order valence-corrected chi connectivity index (χ0v) is 28.2. The molecule has 0 spiro atoms. The van der Waals surface area contributed by atoms with E-state index in [1.54, 1.807) is 0 Å². The summed E-state index contributed by atoms with van der Waals surface area (Å²) in [5.74, 6) is -0.939. The zero-order chi connectivity index (χ0) is 32.0. The number of hydrogen-bond donors (Lipinski definition) is 0. The number of allylic oxidation sites excluding steroid dienone is 1. The van der Waals surface area contributed by atoms with Crippen LogP contribution in [0.5, 0.6) is 0 Å². The number of nitrogens with zero attached hydrogens (tertiary/aromatic N) is 4. The molecule has 0 radical (unpaired) electrons. The van der Waals surface area contributed by atoms with E-state index in [0.29, 0.717) is 39.6 Å². The van der Waals surface area contributed by atoms with E-state index >= 15 is 0 Å². The molecule has 1 aliphatic carbocycles. The zero-order valence-electron chi connectivity index (χ0n) is 25.8. The van der Waals surface area contributed by atoms with Crippen molar-refractivity contribution in [1.82, 2.24) is 14.7 Å². The highest BCUT2D eigenvalue weighted by Gasteiger charge is 2.51. The van der Waals surface area contributed by atoms with Gasteiger partial charge in [-0.1, -0.05) is 74.3 Å². The Balaban J connectivity index is 1.36. The van der Waals surface area contributed by atoms with Crippen molar-refractivity contribution in [2.24, 2.45) is 16.3 Å². The number of carbonyl (C=O) groups excluding carboxylic acids is 3. The van der Waals surface area contributed by atoms with Crippen molar-refractivity contribution in [3.05, 3.63) is 93.0 Å². The highest BCUT2D eigenvalue weighted by Crippen LogP contribution is 2.54. The normalized spacial score (nSPS) is 23.5. The number of amides is 3. The molecule has 3 unspecified atom stereocenters. The summed E-state index contributed by atoms with van der Waals surface area (Å²) < 4.78 is 0. The molecule has 1 saturated carbocycles. The van der Waals surface area contributed by atoms with Crippen LogP contribution in [0, 0.1) is 11.3 Å². The maximum absolute atomic E-state index is 14.5. The summed E-state index contributed by atoms with van der Waals surface area (Å²) in [6.45, 7) is 11.3. The Morgan fingerprint density at radius 3 is 2.27 bits per heavy atom. The fraction of sp³-hybridized carbons (Fsp3) is 0.429. The van der Waals surface area contributed by atoms with Gasteiger partial charge in [0.2, 0.25) is 11.8 Å². The SMILES string of the molecule is C=CC1(CN(CCC)C(=O)C2CCC(=O)N2C(=O)C2=C(C(C)C)N3C(=NC(c4ccc(Cl)cc4)C3c3ccc(Cl)cc3)S2)CC1. The number of halogens is 2. The first-order chi connectivity index (χ1) is 21.6. The van der Waals surface area contributed by atoms with Crippen molar-refractivity contribution in [1.29, 1.82) is 0 Å². The molecule has 1 saturated heterocycles. The lowest BCUT2D eigenvalue weighted by Crippen LogP contribution is -2.50. The minimum absolute atomic E-state index is 0.0584. The van der Waals surface area contributed by atoms with Crippen molar-refractivity contribution in [2.75, 3.05) is 13.1 Å². The number of thioether (sulfide) groups is 1. The van der Waals surface area contributed by atoms with Crippen molar-refractivity contribution >= 4 is 57.9 Å². The number of benzene rings is 2. The first kappa shape index (κ1) is 31.9. The standard InChI is InChI=1S/C35H38Cl2N4O3S/c1-5-19-39(20-35(6-2)17-18-35)32(43)26-15-16-27(42)40(26)33(44)31-29(21(3)4)41-30(23-9-13-25(37)14-10-23)28(38-34(41)45-31)22-7-11-24(36)12-8-22/h6-14,21,26,28,30H,2,5,15-20H2,1,3-4H3. The molecule has 45 heavy (non-hydrogen) atoms. The number of imide groups is 1. The summed E-state index contributed by atoms with van der Waals surface area (Å²) in [5.41, 5.74) is 2.75. The first-order valence-electron chi connectivity index (χ1n) is 15.7. The van der Waals surface area contributed by atoms with Gasteiger partial charge in [0.1, 0.15) is 17.0 Å². The van der Waals surface area contributed by atoms with Gasteiger partial charge >= 0.3 is 0 Å². The molecule has 0 bridgehead atoms. The lowest BCUT2D eigenvalue weighted by Gasteiger charge is -2.33. The number of hydrogen-bond acceptors (Lipinski definition) is 6. The van der Waals surface area contributed by atoms with E-state index in [4.69, 9.17) is 28.2 Å². The van der Waals surface area contributed by atoms with Crippen LogP contribution in [0.15, 0.2) is 76.8 Å². The molecule has 4 aliphatic rings. The quantitative estimate of drug-likeness (QED) is 0.192. The Bertz CT molecular complexity index is 1580. The number of rotatable bonds is 10. The molecule has 3 aliphatic heterocycles. The molecule has 3 atom stereocenters. The van der Waals surface area contributed by atoms with Gasteiger partial charge in [0.15, 0.2) is 5.17 Å². The van der Waals surface area contributed by atoms with Gasteiger partial charge in [0.25, 0.3) is 5.91 Å². The Morgan fingerprint density at radius 1 is 1.09 bits per heavy atom. The van der Waals surface area contributed by atoms with Gasteiger partial charge in [-0.2, -0.15) is 0 Å². The molecular formula is C35H38Cl2N4O3S. The second-order valence-corrected chi connectivity index (χ2v) is 14.5. The van der Waals surface area contributed by atoms with Crippen LogP contribution < -0.4 is 0 Å². The van der Waals surface area contributed by atoms with Gasteiger partial charge in [-0.15, -0.1) is 6.58 Å². The molecule has 7 nitrogen and oxygen atoms in total. The summed E-state index contributed by atoms with van der Waals surface area (Å²) in [4.78, 5) is 52.6. The minimum atomic E-state index is -0.815. The van der Waals surface area contributed by atoms with Crippen LogP contribution in [-0.2, 0) is 14.4 Å². The van der Waals surface area contributed by atoms with Gasteiger partial charge < -0.3 is 9.80 Å². The van der Waals surface area contributed by atoms with Crippen molar-refractivity contribution in [3.63, 3.8) is 0 Å². The van der Waals surface area contributed by atoms with Crippen LogP contribution in [0.25, 0.3) is 0 Å². The molecule has 0 N–H and O–H groups in total. The highest BCUT2D eigenvalue weighted by atomic mass is 35.5. The first-order valence-corrected chi connectivity index (χ1v) is 17.2. The number of fused-ring (bicyclic) bond motifs is 1. The molecule has 2 fully saturated rings. The van der Waals surface area contributed by atoms with Crippen LogP contribution in [0.3, 0.4) is 0 Å². The van der Waals surface area contributed by atoms with Crippen LogP contribution in [0.4, 0.5) is 0 Å². The summed E-state index contributed by atoms with van der Waals surface area (Å²) >= 11 is 13.8. The van der Waals surface area contributed by atoms with E-state index in [9.17, 15) is 14.4 Å². The molecule has 2 aromatic carbocycles. The second-order valence-electron chi connectivity index (χ2n) is 12.7. The number of likely N-dealkylation sites (tertiary alicyclic amines) is 1. The Hall–Kier alpha value is -3.07. The van der Waals surface area contributed by atoms with E-state index in [-0.39, 0.29) is 41.7 Å². The van der Waals surface area contributed by atoms with Crippen molar-refractivity contribution in [3.8, 4) is 0 Å². The molecular weight excluding hydrogens is 627 g/mol. The van der Waals surface area contributed by atoms with E-state index in [2.05, 4.69) is 11.5 Å². The van der Waals surface area contributed by atoms with Crippen LogP contribution >= 0.6 is 35.0 Å². The fourth-order valence-electron chi connectivity index (χ4n) is 6.69. The lowest BCUT2D eigenvalue weighted by atomic mass is 9.92. The second kappa shape index (κ2) is 12.6. The van der Waals surface area contributed by atoms with Gasteiger partial charge in [-0.25, -0.2) is 0 Å². The fourth-order valence-corrected chi connectivity index (χ4v) is 8.23. The average molecular weight is 666 g/mol. The topological polar surface area (TPSA) is 73.3 Å². The average Bonchev–Trinajstić information content (AvgIpc) is 3.34. The Morgan fingerprint density at radius 2 is 1.71 bits per heavy atom. The monoisotopic (exact) mass is 664 g/mol. The van der Waals surface area contributed by atoms with Crippen LogP contribution in [0.2, 0.25) is 10.0 Å². The van der Waals surface area contributed by atoms with Gasteiger partial charge in [-0.05, 0) is 78.8 Å². The third kappa shape index (κ3) is 5.97. The third-order valence-electron chi connectivity index (χ3n) is 9.23. The van der Waals surface area contributed by atoms with Gasteiger partial charge in [-0.3, -0.25) is 24.3 Å². The predicted molar refractivity (Wildman–Crippen MR) is 181 cm³/mol. The molecule has 3 heterocycles. The number of carbonyl (C=O) groups is 3. The van der Waals surface area contributed by atoms with E-state index in [1.165, 1.54) is 16.7 Å². The van der Waals surface area contributed by atoms with E-state index in [0.717, 1.165) is 36.1 Å². The maximum Gasteiger partial charge on any atom is 0.269 e. The smallest absolute Gasteiger partial charge is 0.269 e. The molecule has 236 valence electrons. The Labute approximate surface area is 279 Å². The van der Waals surface area contributed by atoms with Gasteiger partial charge in [0.05, 0.1) is 6.04 Å². The van der Waals surface area contributed by atoms with Crippen LogP contribution in [-0.4, -0.2) is 56.7 Å². The Kier molecular flexibility index (Phi) is 8.94. The summed E-state index contributed by atoms with van der Waals surface area (Å²) in [6.07, 6.45) is 5.24. The molecule has 0 aromatic heterocycles. The maximum atomic E-state index is 14.5. The largest absolute Gasteiger partial charge is 0.340 e. The van der Waals surface area contributed by atoms with E-state index < -0.39 is 11.9 Å². The van der Waals surface area contributed by atoms with Crippen molar-refractivity contribution < 1.29 is 14.4 Å². The van der Waals surface area contributed by atoms with Gasteiger partial charge in [0, 0.05) is 40.7 Å². The number of amidine groups is 1. The number of aliphatic imine (C=N–C) groups is 1. The molecule has 10 heteroatoms. The lowest BCUT2D eigenvalue weighted by molar-refractivity contribution is -0.149. The third-order valence-corrected chi connectivity index (χ3v) is 10.8. The molecule has 3 amide bonds.